The van der Waals surface area contributed by atoms with Crippen molar-refractivity contribution in [1.82, 2.24) is 0 Å². The number of hydrogen-bond acceptors (Lipinski definition) is 1. The molecule has 9 heavy (non-hydrogen) atoms. The van der Waals surface area contributed by atoms with Crippen LogP contribution in [0.2, 0.25) is 0 Å². The maximum atomic E-state index is 5.05. The van der Waals surface area contributed by atoms with Gasteiger partial charge in [0.2, 0.25) is 0 Å². The molecule has 0 saturated carbocycles. The maximum absolute atomic E-state index is 5.05. The zero-order valence-electron chi connectivity index (χ0n) is 5.13. The fourth-order valence-corrected chi connectivity index (χ4v) is 0.950. The molecule has 0 aromatic heterocycles. The molecule has 1 rings (SSSR count). The van der Waals surface area contributed by atoms with Crippen molar-refractivity contribution in [2.75, 3.05) is 0 Å². The van der Waals surface area contributed by atoms with E-state index in [1.165, 1.54) is 5.56 Å². The summed E-state index contributed by atoms with van der Waals surface area (Å²) in [6.45, 7) is 2.06. The standard InChI is InChI=1S/C7H8O.Sm/c1-6-2-4-7(8)5-3-6;/h2-5,8H,1H3;/q;+1/p-1. The molecule has 0 unspecified atom stereocenters. The summed E-state index contributed by atoms with van der Waals surface area (Å²) in [6.07, 6.45) is 0. The molecule has 1 nitrogen and oxygen atoms in total. The van der Waals surface area contributed by atoms with E-state index in [9.17, 15) is 0 Å². The van der Waals surface area contributed by atoms with Gasteiger partial charge in [0.1, 0.15) is 0 Å². The van der Waals surface area contributed by atoms with Crippen molar-refractivity contribution in [2.24, 2.45) is 0 Å². The first-order valence-corrected chi connectivity index (χ1v) is 3.76. The van der Waals surface area contributed by atoms with Crippen molar-refractivity contribution in [2.45, 2.75) is 6.92 Å². The van der Waals surface area contributed by atoms with Gasteiger partial charge in [0, 0.05) is 0 Å². The minimum atomic E-state index is 0.954. The van der Waals surface area contributed by atoms with Crippen molar-refractivity contribution in [3.05, 3.63) is 29.8 Å². The summed E-state index contributed by atoms with van der Waals surface area (Å²) in [6, 6.07) is 8.03. The van der Waals surface area contributed by atoms with E-state index in [0.29, 0.717) is 0 Å². The van der Waals surface area contributed by atoms with Crippen molar-refractivity contribution < 1.29 is 40.0 Å². The van der Waals surface area contributed by atoms with E-state index in [-0.39, 0.29) is 0 Å². The molecule has 1 aromatic rings. The second-order valence-corrected chi connectivity index (χ2v) is 2.43. The van der Waals surface area contributed by atoms with Gasteiger partial charge in [-0.25, -0.2) is 0 Å². The molecule has 0 radical (unpaired) electrons. The van der Waals surface area contributed by atoms with Crippen LogP contribution in [-0.4, -0.2) is 0 Å². The molecule has 0 atom stereocenters. The molecule has 47 valence electrons. The van der Waals surface area contributed by atoms with Gasteiger partial charge in [-0.3, -0.25) is 0 Å². The molecule has 0 fully saturated rings. The van der Waals surface area contributed by atoms with Crippen LogP contribution in [0.5, 0.6) is 5.75 Å². The fourth-order valence-electron chi connectivity index (χ4n) is 0.594. The summed E-state index contributed by atoms with van der Waals surface area (Å²) in [5.74, 6) is 0.954. The molecule has 0 aliphatic rings. The number of aryl methyl sites for hydroxylation is 1. The second-order valence-electron chi connectivity index (χ2n) is 1.90. The third-order valence-electron chi connectivity index (χ3n) is 1.12. The molecule has 1 aromatic carbocycles. The van der Waals surface area contributed by atoms with Crippen molar-refractivity contribution in [1.29, 1.82) is 0 Å². The quantitative estimate of drug-likeness (QED) is 0.746. The molecule has 0 spiro atoms. The number of hydrogen-bond donors (Lipinski definition) is 0. The SMILES string of the molecule is Cc1ccc([O][Sm])cc1. The molecule has 0 saturated heterocycles. The number of benzene rings is 1. The third kappa shape index (κ3) is 2.21. The Kier molecular flexibility index (Phi) is 2.91. The van der Waals surface area contributed by atoms with Crippen molar-refractivity contribution in [3.63, 3.8) is 0 Å². The van der Waals surface area contributed by atoms with Crippen LogP contribution in [0.15, 0.2) is 24.3 Å². The molecule has 0 amide bonds. The van der Waals surface area contributed by atoms with E-state index in [0.717, 1.165) is 44.7 Å². The Morgan fingerprint density at radius 3 is 2.22 bits per heavy atom. The van der Waals surface area contributed by atoms with Crippen LogP contribution in [0.25, 0.3) is 0 Å². The van der Waals surface area contributed by atoms with Gasteiger partial charge in [0.05, 0.1) is 0 Å². The monoisotopic (exact) mass is 259 g/mol. The molecule has 0 heterocycles. The van der Waals surface area contributed by atoms with E-state index < -0.39 is 0 Å². The molecule has 2 heteroatoms. The van der Waals surface area contributed by atoms with Crippen molar-refractivity contribution in [3.8, 4) is 5.75 Å². The van der Waals surface area contributed by atoms with E-state index in [4.69, 9.17) is 1.12 Å². The molecule has 0 aliphatic heterocycles. The van der Waals surface area contributed by atoms with Crippen LogP contribution in [-0.2, 0) is 0 Å². The summed E-state index contributed by atoms with van der Waals surface area (Å²) in [5, 5.41) is 0. The first-order valence-electron chi connectivity index (χ1n) is 2.69. The van der Waals surface area contributed by atoms with Gasteiger partial charge in [-0.15, -0.1) is 0 Å². The Hall–Kier alpha value is 0.358. The van der Waals surface area contributed by atoms with Crippen LogP contribution in [0.3, 0.4) is 0 Å². The van der Waals surface area contributed by atoms with E-state index >= 15 is 0 Å². The normalized spacial score (nSPS) is 9.00. The predicted molar refractivity (Wildman–Crippen MR) is 31.8 cm³/mol. The first-order chi connectivity index (χ1) is 4.33. The molecule has 0 bridgehead atoms. The fraction of sp³-hybridized carbons (Fsp3) is 0.143. The topological polar surface area (TPSA) is 9.23 Å². The van der Waals surface area contributed by atoms with Gasteiger partial charge >= 0.3 is 82.5 Å². The third-order valence-corrected chi connectivity index (χ3v) is 1.73. The molecule has 0 N–H and O–H groups in total. The van der Waals surface area contributed by atoms with Crippen LogP contribution < -0.4 is 1.12 Å². The minimum absolute atomic E-state index is 0.954. The van der Waals surface area contributed by atoms with Crippen LogP contribution >= 0.6 is 0 Å². The summed E-state index contributed by atoms with van der Waals surface area (Å²) >= 11 is 1.13. The molecule has 0 aliphatic carbocycles. The van der Waals surface area contributed by atoms with E-state index in [2.05, 4.69) is 6.92 Å². The van der Waals surface area contributed by atoms with E-state index in [1.54, 1.807) is 0 Å². The zero-order chi connectivity index (χ0) is 6.69. The zero-order valence-corrected chi connectivity index (χ0v) is 7.75. The molecular formula is C7H7OSm. The molecular weight excluding hydrogens is 250 g/mol. The van der Waals surface area contributed by atoms with Gasteiger partial charge in [-0.2, -0.15) is 0 Å². The van der Waals surface area contributed by atoms with Crippen LogP contribution in [0.1, 0.15) is 5.56 Å². The van der Waals surface area contributed by atoms with Gasteiger partial charge in [-0.1, -0.05) is 0 Å². The Morgan fingerprint density at radius 2 is 1.78 bits per heavy atom. The summed E-state index contributed by atoms with van der Waals surface area (Å²) in [4.78, 5) is 0. The van der Waals surface area contributed by atoms with Crippen molar-refractivity contribution >= 4 is 0 Å². The average molecular weight is 257 g/mol. The van der Waals surface area contributed by atoms with Crippen LogP contribution in [0, 0.1) is 45.9 Å². The average Bonchev–Trinajstić information content (AvgIpc) is 1.90. The predicted octanol–water partition coefficient (Wildman–Crippen LogP) is 1.84. The first kappa shape index (κ1) is 7.46. The van der Waals surface area contributed by atoms with Gasteiger partial charge in [0.15, 0.2) is 0 Å². The van der Waals surface area contributed by atoms with Gasteiger partial charge < -0.3 is 0 Å². The van der Waals surface area contributed by atoms with E-state index in [1.807, 2.05) is 24.3 Å². The van der Waals surface area contributed by atoms with Gasteiger partial charge in [-0.05, 0) is 0 Å². The second kappa shape index (κ2) is 3.51. The Bertz CT molecular complexity index is 181. The Morgan fingerprint density at radius 1 is 1.22 bits per heavy atom. The summed E-state index contributed by atoms with van der Waals surface area (Å²) in [7, 11) is 0. The Labute approximate surface area is 81.7 Å². The summed E-state index contributed by atoms with van der Waals surface area (Å²) in [5.41, 5.74) is 1.27. The van der Waals surface area contributed by atoms with Crippen LogP contribution in [0.4, 0.5) is 0 Å². The summed E-state index contributed by atoms with van der Waals surface area (Å²) < 4.78 is 5.05. The van der Waals surface area contributed by atoms with Gasteiger partial charge in [0.25, 0.3) is 0 Å². The Balaban J connectivity index is 2.88. The number of rotatable bonds is 1.